The number of hydrogen-bond acceptors (Lipinski definition) is 4. The van der Waals surface area contributed by atoms with Gasteiger partial charge in [-0.1, -0.05) is 12.1 Å². The Labute approximate surface area is 147 Å². The molecule has 8 heteroatoms. The number of carbonyl (C=O) groups is 2. The maximum atomic E-state index is 13.5. The number of para-hydroxylation sites is 1. The van der Waals surface area contributed by atoms with E-state index < -0.39 is 30.1 Å². The number of imidazole rings is 1. The zero-order chi connectivity index (χ0) is 18.5. The fraction of sp³-hybridized carbons (Fsp3) is 0.0556. The number of rotatable bonds is 5. The zero-order valence-corrected chi connectivity index (χ0v) is 13.4. The molecule has 0 saturated carbocycles. The highest BCUT2D eigenvalue weighted by molar-refractivity contribution is 5.95. The van der Waals surface area contributed by atoms with E-state index in [4.69, 9.17) is 4.74 Å². The van der Waals surface area contributed by atoms with E-state index in [1.165, 1.54) is 59.6 Å². The molecule has 0 spiro atoms. The van der Waals surface area contributed by atoms with E-state index in [0.29, 0.717) is 5.69 Å². The second-order valence-electron chi connectivity index (χ2n) is 5.23. The molecule has 0 aliphatic rings. The molecule has 26 heavy (non-hydrogen) atoms. The van der Waals surface area contributed by atoms with Gasteiger partial charge in [0, 0.05) is 5.69 Å². The Morgan fingerprint density at radius 3 is 2.54 bits per heavy atom. The second-order valence-corrected chi connectivity index (χ2v) is 5.23. The van der Waals surface area contributed by atoms with Gasteiger partial charge in [0.15, 0.2) is 12.3 Å². The fourth-order valence-corrected chi connectivity index (χ4v) is 2.21. The third-order valence-electron chi connectivity index (χ3n) is 3.43. The summed E-state index contributed by atoms with van der Waals surface area (Å²) in [6.07, 6.45) is 2.63. The van der Waals surface area contributed by atoms with Crippen molar-refractivity contribution in [2.45, 2.75) is 0 Å². The average molecular weight is 357 g/mol. The molecule has 3 aromatic rings. The van der Waals surface area contributed by atoms with Crippen LogP contribution in [0.3, 0.4) is 0 Å². The number of ether oxygens (including phenoxy) is 1. The van der Waals surface area contributed by atoms with Crippen molar-refractivity contribution in [2.75, 3.05) is 11.9 Å². The van der Waals surface area contributed by atoms with E-state index in [0.717, 1.165) is 0 Å². The molecule has 0 bridgehead atoms. The number of carbonyl (C=O) groups excluding carboxylic acids is 2. The third kappa shape index (κ3) is 3.92. The Balaban J connectivity index is 1.64. The lowest BCUT2D eigenvalue weighted by molar-refractivity contribution is -0.119. The average Bonchev–Trinajstić information content (AvgIpc) is 3.12. The molecule has 2 aromatic carbocycles. The zero-order valence-electron chi connectivity index (χ0n) is 13.4. The largest absolute Gasteiger partial charge is 0.451 e. The van der Waals surface area contributed by atoms with E-state index in [1.807, 2.05) is 0 Å². The van der Waals surface area contributed by atoms with Crippen LogP contribution in [0.15, 0.2) is 61.1 Å². The highest BCUT2D eigenvalue weighted by atomic mass is 19.1. The van der Waals surface area contributed by atoms with Crippen molar-refractivity contribution in [1.29, 1.82) is 0 Å². The van der Waals surface area contributed by atoms with Gasteiger partial charge in [-0.15, -0.1) is 0 Å². The summed E-state index contributed by atoms with van der Waals surface area (Å²) in [5.74, 6) is -2.49. The van der Waals surface area contributed by atoms with Crippen LogP contribution in [0.5, 0.6) is 0 Å². The standard InChI is InChI=1S/C18H13F2N3O3/c19-12-5-7-13(8-6-12)23-11-21-9-16(23)18(25)26-10-17(24)22-15-4-2-1-3-14(15)20/h1-9,11H,10H2,(H,22,24). The summed E-state index contributed by atoms with van der Waals surface area (Å²) in [5, 5.41) is 2.31. The predicted molar refractivity (Wildman–Crippen MR) is 88.8 cm³/mol. The van der Waals surface area contributed by atoms with E-state index >= 15 is 0 Å². The molecule has 1 amide bonds. The van der Waals surface area contributed by atoms with Crippen LogP contribution in [0.25, 0.3) is 5.69 Å². The normalized spacial score (nSPS) is 10.4. The van der Waals surface area contributed by atoms with Gasteiger partial charge in [-0.05, 0) is 36.4 Å². The lowest BCUT2D eigenvalue weighted by atomic mass is 10.3. The van der Waals surface area contributed by atoms with Gasteiger partial charge in [-0.3, -0.25) is 9.36 Å². The first-order valence-electron chi connectivity index (χ1n) is 7.54. The number of hydrogen-bond donors (Lipinski definition) is 1. The van der Waals surface area contributed by atoms with E-state index in [-0.39, 0.29) is 11.4 Å². The summed E-state index contributed by atoms with van der Waals surface area (Å²) in [6, 6.07) is 11.1. The van der Waals surface area contributed by atoms with E-state index in [2.05, 4.69) is 10.3 Å². The first kappa shape index (κ1) is 17.3. The van der Waals surface area contributed by atoms with Crippen molar-refractivity contribution in [3.8, 4) is 5.69 Å². The van der Waals surface area contributed by atoms with Gasteiger partial charge in [0.05, 0.1) is 18.2 Å². The molecule has 0 atom stereocenters. The molecule has 0 aliphatic heterocycles. The lowest BCUT2D eigenvalue weighted by Crippen LogP contribution is -2.22. The van der Waals surface area contributed by atoms with Gasteiger partial charge in [0.2, 0.25) is 0 Å². The highest BCUT2D eigenvalue weighted by Crippen LogP contribution is 2.14. The molecule has 0 fully saturated rings. The van der Waals surface area contributed by atoms with Crippen LogP contribution < -0.4 is 5.32 Å². The number of halogens is 2. The highest BCUT2D eigenvalue weighted by Gasteiger charge is 2.16. The molecule has 132 valence electrons. The molecular formula is C18H13F2N3O3. The molecular weight excluding hydrogens is 344 g/mol. The van der Waals surface area contributed by atoms with Gasteiger partial charge in [0.1, 0.15) is 11.6 Å². The smallest absolute Gasteiger partial charge is 0.357 e. The van der Waals surface area contributed by atoms with Crippen molar-refractivity contribution in [1.82, 2.24) is 9.55 Å². The number of esters is 1. The van der Waals surface area contributed by atoms with Crippen molar-refractivity contribution < 1.29 is 23.1 Å². The second kappa shape index (κ2) is 7.56. The minimum absolute atomic E-state index is 0.00935. The van der Waals surface area contributed by atoms with Crippen molar-refractivity contribution >= 4 is 17.6 Å². The number of aromatic nitrogens is 2. The SMILES string of the molecule is O=C(COC(=O)c1cncn1-c1ccc(F)cc1)Nc1ccccc1F. The number of nitrogens with zero attached hydrogens (tertiary/aromatic N) is 2. The summed E-state index contributed by atoms with van der Waals surface area (Å²) in [5.41, 5.74) is 0.562. The first-order chi connectivity index (χ1) is 12.5. The summed E-state index contributed by atoms with van der Waals surface area (Å²) >= 11 is 0. The molecule has 0 saturated heterocycles. The van der Waals surface area contributed by atoms with Crippen LogP contribution in [0, 0.1) is 11.6 Å². The molecule has 1 heterocycles. The Bertz CT molecular complexity index is 939. The molecule has 0 unspecified atom stereocenters. The number of nitrogens with one attached hydrogen (secondary N) is 1. The number of amides is 1. The molecule has 3 rings (SSSR count). The van der Waals surface area contributed by atoms with Crippen LogP contribution in [0.4, 0.5) is 14.5 Å². The van der Waals surface area contributed by atoms with Crippen LogP contribution >= 0.6 is 0 Å². The molecule has 1 aromatic heterocycles. The fourth-order valence-electron chi connectivity index (χ4n) is 2.21. The topological polar surface area (TPSA) is 73.2 Å². The quantitative estimate of drug-likeness (QED) is 0.713. The molecule has 0 aliphatic carbocycles. The lowest BCUT2D eigenvalue weighted by Gasteiger charge is -2.09. The minimum Gasteiger partial charge on any atom is -0.451 e. The van der Waals surface area contributed by atoms with Gasteiger partial charge >= 0.3 is 5.97 Å². The Kier molecular flexibility index (Phi) is 5.02. The Morgan fingerprint density at radius 1 is 1.08 bits per heavy atom. The number of benzene rings is 2. The first-order valence-corrected chi connectivity index (χ1v) is 7.54. The van der Waals surface area contributed by atoms with Gasteiger partial charge in [-0.25, -0.2) is 18.6 Å². The van der Waals surface area contributed by atoms with Crippen molar-refractivity contribution in [3.63, 3.8) is 0 Å². The Hall–Kier alpha value is -3.55. The third-order valence-corrected chi connectivity index (χ3v) is 3.43. The predicted octanol–water partition coefficient (Wildman–Crippen LogP) is 2.95. The number of anilines is 1. The van der Waals surface area contributed by atoms with Gasteiger partial charge in [0.25, 0.3) is 5.91 Å². The maximum Gasteiger partial charge on any atom is 0.357 e. The van der Waals surface area contributed by atoms with E-state index in [9.17, 15) is 18.4 Å². The van der Waals surface area contributed by atoms with E-state index in [1.54, 1.807) is 6.07 Å². The van der Waals surface area contributed by atoms with Crippen LogP contribution in [0.2, 0.25) is 0 Å². The monoisotopic (exact) mass is 357 g/mol. The van der Waals surface area contributed by atoms with Crippen LogP contribution in [-0.2, 0) is 9.53 Å². The summed E-state index contributed by atoms with van der Waals surface area (Å²) < 4.78 is 32.8. The van der Waals surface area contributed by atoms with Crippen molar-refractivity contribution in [2.24, 2.45) is 0 Å². The van der Waals surface area contributed by atoms with Crippen LogP contribution in [0.1, 0.15) is 10.5 Å². The summed E-state index contributed by atoms with van der Waals surface area (Å²) in [4.78, 5) is 27.9. The molecule has 0 radical (unpaired) electrons. The van der Waals surface area contributed by atoms with Gasteiger partial charge < -0.3 is 10.1 Å². The Morgan fingerprint density at radius 2 is 1.81 bits per heavy atom. The molecule has 1 N–H and O–H groups in total. The van der Waals surface area contributed by atoms with Crippen LogP contribution in [-0.4, -0.2) is 28.0 Å². The maximum absolute atomic E-state index is 13.5. The summed E-state index contributed by atoms with van der Waals surface area (Å²) in [6.45, 7) is -0.595. The summed E-state index contributed by atoms with van der Waals surface area (Å²) in [7, 11) is 0. The molecule has 6 nitrogen and oxygen atoms in total. The minimum atomic E-state index is -0.796. The van der Waals surface area contributed by atoms with Gasteiger partial charge in [-0.2, -0.15) is 0 Å². The van der Waals surface area contributed by atoms with Crippen molar-refractivity contribution in [3.05, 3.63) is 78.4 Å².